The molecular weight excluding hydrogens is 420 g/mol. The molecule has 3 rings (SSSR count). The van der Waals surface area contributed by atoms with Gasteiger partial charge < -0.3 is 15.9 Å². The number of anilines is 2. The third-order valence-corrected chi connectivity index (χ3v) is 8.41. The highest BCUT2D eigenvalue weighted by atomic mass is 32.2. The summed E-state index contributed by atoms with van der Waals surface area (Å²) in [6.07, 6.45) is -1.43. The molecule has 1 heterocycles. The van der Waals surface area contributed by atoms with Crippen molar-refractivity contribution in [2.45, 2.75) is 24.0 Å². The van der Waals surface area contributed by atoms with Crippen LogP contribution in [0.25, 0.3) is 0 Å². The molecule has 29 heavy (non-hydrogen) atoms. The van der Waals surface area contributed by atoms with E-state index in [9.17, 15) is 31.8 Å². The zero-order chi connectivity index (χ0) is 21.6. The molecule has 0 spiro atoms. The molecule has 156 valence electrons. The number of carboxylic acids is 1. The number of nitrogen functional groups attached to an aromatic ring is 1. The largest absolute Gasteiger partial charge is 0.478 e. The number of nitrogens with two attached hydrogens (primary N) is 1. The Morgan fingerprint density at radius 3 is 2.28 bits per heavy atom. The van der Waals surface area contributed by atoms with Crippen LogP contribution >= 0.6 is 0 Å². The maximum Gasteiger partial charge on any atom is 0.335 e. The van der Waals surface area contributed by atoms with Crippen molar-refractivity contribution in [1.29, 1.82) is 0 Å². The van der Waals surface area contributed by atoms with Gasteiger partial charge in [-0.3, -0.25) is 4.31 Å². The van der Waals surface area contributed by atoms with Gasteiger partial charge in [-0.1, -0.05) is 6.07 Å². The number of sulfonamides is 1. The summed E-state index contributed by atoms with van der Waals surface area (Å²) in [6.45, 7) is 1.50. The fourth-order valence-corrected chi connectivity index (χ4v) is 7.08. The number of aromatic carboxylic acids is 1. The van der Waals surface area contributed by atoms with Gasteiger partial charge >= 0.3 is 5.97 Å². The van der Waals surface area contributed by atoms with Crippen molar-refractivity contribution in [3.8, 4) is 0 Å². The van der Waals surface area contributed by atoms with Gasteiger partial charge in [-0.25, -0.2) is 21.6 Å². The molecule has 2 atom stereocenters. The van der Waals surface area contributed by atoms with Crippen LogP contribution in [0.4, 0.5) is 11.4 Å². The summed E-state index contributed by atoms with van der Waals surface area (Å²) in [5, 5.41) is 19.6. The lowest BCUT2D eigenvalue weighted by Gasteiger charge is -2.32. The van der Waals surface area contributed by atoms with Gasteiger partial charge in [0.25, 0.3) is 10.0 Å². The number of benzene rings is 2. The van der Waals surface area contributed by atoms with Crippen molar-refractivity contribution in [1.82, 2.24) is 0 Å². The van der Waals surface area contributed by atoms with Gasteiger partial charge in [-0.05, 0) is 48.9 Å². The number of aryl methyl sites for hydroxylation is 1. The predicted octanol–water partition coefficient (Wildman–Crippen LogP) is 0.629. The Balaban J connectivity index is 2.22. The predicted molar refractivity (Wildman–Crippen MR) is 107 cm³/mol. The molecule has 9 nitrogen and oxygen atoms in total. The van der Waals surface area contributed by atoms with Crippen LogP contribution in [0.5, 0.6) is 0 Å². The monoisotopic (exact) mass is 440 g/mol. The molecule has 0 aromatic heterocycles. The first kappa shape index (κ1) is 21.1. The number of aliphatic hydroxyl groups is 1. The van der Waals surface area contributed by atoms with Crippen LogP contribution in [-0.4, -0.2) is 56.7 Å². The van der Waals surface area contributed by atoms with Crippen LogP contribution in [-0.2, 0) is 19.9 Å². The maximum absolute atomic E-state index is 13.6. The van der Waals surface area contributed by atoms with Gasteiger partial charge in [0, 0.05) is 5.69 Å². The van der Waals surface area contributed by atoms with Crippen LogP contribution in [0.15, 0.2) is 47.4 Å². The first-order chi connectivity index (χ1) is 13.4. The minimum atomic E-state index is -4.42. The minimum Gasteiger partial charge on any atom is -0.478 e. The molecule has 0 unspecified atom stereocenters. The molecule has 0 aliphatic carbocycles. The lowest BCUT2D eigenvalue weighted by molar-refractivity contribution is 0.0696. The molecule has 4 N–H and O–H groups in total. The number of nitrogens with zero attached hydrogens (tertiary/aromatic N) is 1. The van der Waals surface area contributed by atoms with Crippen LogP contribution in [0.3, 0.4) is 0 Å². The Kier molecular flexibility index (Phi) is 5.32. The molecule has 1 aliphatic rings. The number of hydrogen-bond donors (Lipinski definition) is 3. The Labute approximate surface area is 168 Å². The van der Waals surface area contributed by atoms with E-state index in [1.165, 1.54) is 43.3 Å². The number of carboxylic acid groups (broad SMARTS) is 1. The third-order valence-electron chi connectivity index (χ3n) is 4.71. The van der Waals surface area contributed by atoms with Crippen molar-refractivity contribution in [2.75, 3.05) is 21.5 Å². The van der Waals surface area contributed by atoms with E-state index in [2.05, 4.69) is 0 Å². The molecule has 11 heteroatoms. The molecule has 0 bridgehead atoms. The summed E-state index contributed by atoms with van der Waals surface area (Å²) in [4.78, 5) is 11.0. The van der Waals surface area contributed by atoms with E-state index >= 15 is 0 Å². The second-order valence-electron chi connectivity index (χ2n) is 6.89. The molecule has 0 amide bonds. The zero-order valence-electron chi connectivity index (χ0n) is 15.4. The molecule has 0 radical (unpaired) electrons. The van der Waals surface area contributed by atoms with E-state index in [4.69, 9.17) is 5.73 Å². The Bertz CT molecular complexity index is 1160. The molecular formula is C18H20N2O7S2. The Morgan fingerprint density at radius 2 is 1.76 bits per heavy atom. The van der Waals surface area contributed by atoms with Crippen LogP contribution in [0, 0.1) is 6.92 Å². The van der Waals surface area contributed by atoms with E-state index in [0.717, 1.165) is 10.4 Å². The summed E-state index contributed by atoms with van der Waals surface area (Å²) in [7, 11) is -8.07. The highest BCUT2D eigenvalue weighted by Crippen LogP contribution is 2.33. The maximum atomic E-state index is 13.6. The second-order valence-corrected chi connectivity index (χ2v) is 10.8. The van der Waals surface area contributed by atoms with Crippen molar-refractivity contribution < 1.29 is 31.8 Å². The van der Waals surface area contributed by atoms with Gasteiger partial charge in [0.15, 0.2) is 9.84 Å². The summed E-state index contributed by atoms with van der Waals surface area (Å²) in [5.74, 6) is -2.42. The van der Waals surface area contributed by atoms with Crippen molar-refractivity contribution in [3.63, 3.8) is 0 Å². The second kappa shape index (κ2) is 7.32. The zero-order valence-corrected chi connectivity index (χ0v) is 17.0. The highest BCUT2D eigenvalue weighted by Gasteiger charge is 2.45. The van der Waals surface area contributed by atoms with E-state index < -0.39 is 49.5 Å². The number of rotatable bonds is 5. The molecule has 1 aliphatic heterocycles. The molecule has 1 saturated heterocycles. The number of aliphatic hydroxyl groups excluding tert-OH is 1. The molecule has 2 aromatic rings. The quantitative estimate of drug-likeness (QED) is 0.572. The summed E-state index contributed by atoms with van der Waals surface area (Å²) in [5.41, 5.74) is 6.20. The van der Waals surface area contributed by atoms with E-state index in [1.54, 1.807) is 0 Å². The minimum absolute atomic E-state index is 0.112. The van der Waals surface area contributed by atoms with Gasteiger partial charge in [-0.15, -0.1) is 0 Å². The third kappa shape index (κ3) is 4.07. The normalized spacial score (nSPS) is 21.0. The van der Waals surface area contributed by atoms with E-state index in [0.29, 0.717) is 5.69 Å². The number of sulfone groups is 1. The topological polar surface area (TPSA) is 155 Å². The van der Waals surface area contributed by atoms with E-state index in [1.807, 2.05) is 0 Å². The van der Waals surface area contributed by atoms with Gasteiger partial charge in [0.2, 0.25) is 0 Å². The Morgan fingerprint density at radius 1 is 1.14 bits per heavy atom. The van der Waals surface area contributed by atoms with Gasteiger partial charge in [-0.2, -0.15) is 0 Å². The lowest BCUT2D eigenvalue weighted by atomic mass is 10.1. The average Bonchev–Trinajstić information content (AvgIpc) is 2.88. The first-order valence-corrected chi connectivity index (χ1v) is 11.8. The standard InChI is InChI=1S/C18H20N2O7S2/c1-11-2-3-12(18(22)23)8-17(11)29(26,27)20(14-6-4-13(19)5-7-14)15-9-28(24,25)10-16(15)21/h2-8,15-16,21H,9-10,19H2,1H3,(H,22,23)/t15-,16+/m1/s1. The van der Waals surface area contributed by atoms with Crippen molar-refractivity contribution >= 4 is 37.2 Å². The molecule has 0 saturated carbocycles. The smallest absolute Gasteiger partial charge is 0.335 e. The molecule has 1 fully saturated rings. The van der Waals surface area contributed by atoms with Crippen LogP contribution < -0.4 is 10.0 Å². The number of hydrogen-bond acceptors (Lipinski definition) is 7. The van der Waals surface area contributed by atoms with E-state index in [-0.39, 0.29) is 21.7 Å². The van der Waals surface area contributed by atoms with Crippen molar-refractivity contribution in [3.05, 3.63) is 53.6 Å². The fourth-order valence-electron chi connectivity index (χ4n) is 3.28. The summed E-state index contributed by atoms with van der Waals surface area (Å²) >= 11 is 0. The van der Waals surface area contributed by atoms with Crippen LogP contribution in [0.1, 0.15) is 15.9 Å². The first-order valence-electron chi connectivity index (χ1n) is 8.55. The Hall–Kier alpha value is -2.63. The summed E-state index contributed by atoms with van der Waals surface area (Å²) < 4.78 is 52.0. The highest BCUT2D eigenvalue weighted by molar-refractivity contribution is 7.93. The van der Waals surface area contributed by atoms with Gasteiger partial charge in [0.1, 0.15) is 0 Å². The lowest BCUT2D eigenvalue weighted by Crippen LogP contribution is -2.47. The molecule has 2 aromatic carbocycles. The number of carbonyl (C=O) groups is 1. The van der Waals surface area contributed by atoms with Crippen LogP contribution in [0.2, 0.25) is 0 Å². The van der Waals surface area contributed by atoms with Crippen molar-refractivity contribution in [2.24, 2.45) is 0 Å². The summed E-state index contributed by atoms with van der Waals surface area (Å²) in [6, 6.07) is 8.11. The fraction of sp³-hybridized carbons (Fsp3) is 0.278. The SMILES string of the molecule is Cc1ccc(C(=O)O)cc1S(=O)(=O)N(c1ccc(N)cc1)[C@@H]1CS(=O)(=O)C[C@@H]1O. The average molecular weight is 440 g/mol. The van der Waals surface area contributed by atoms with Gasteiger partial charge in [0.05, 0.1) is 39.8 Å².